The highest BCUT2D eigenvalue weighted by atomic mass is 16.6. The molecule has 0 saturated heterocycles. The van der Waals surface area contributed by atoms with E-state index in [4.69, 9.17) is 5.11 Å². The number of hydrogen-bond donors (Lipinski definition) is 2. The van der Waals surface area contributed by atoms with Crippen LogP contribution < -0.4 is 0 Å². The van der Waals surface area contributed by atoms with Crippen molar-refractivity contribution < 1.29 is 24.5 Å². The van der Waals surface area contributed by atoms with Crippen LogP contribution in [-0.2, 0) is 14.3 Å². The molecule has 5 nitrogen and oxygen atoms in total. The van der Waals surface area contributed by atoms with Gasteiger partial charge in [-0.15, -0.1) is 0 Å². The van der Waals surface area contributed by atoms with Gasteiger partial charge in [0.25, 0.3) is 0 Å². The van der Waals surface area contributed by atoms with Crippen LogP contribution in [0.4, 0.5) is 0 Å². The molecule has 2 unspecified atom stereocenters. The molecule has 0 saturated carbocycles. The minimum absolute atomic E-state index is 0.0478. The number of carbonyl (C=O) groups is 2. The topological polar surface area (TPSA) is 83.8 Å². The minimum Gasteiger partial charge on any atom is -0.396 e. The van der Waals surface area contributed by atoms with Crippen LogP contribution >= 0.6 is 0 Å². The second-order valence-electron chi connectivity index (χ2n) is 3.30. The van der Waals surface area contributed by atoms with Gasteiger partial charge in [-0.05, 0) is 18.8 Å². The Morgan fingerprint density at radius 1 is 1.57 bits per heavy atom. The first-order valence-corrected chi connectivity index (χ1v) is 4.52. The highest BCUT2D eigenvalue weighted by Crippen LogP contribution is 2.12. The molecule has 0 aliphatic rings. The summed E-state index contributed by atoms with van der Waals surface area (Å²) in [4.78, 5) is 20.5. The normalized spacial score (nSPS) is 14.5. The SMILES string of the molecule is CC(CCO)CC(O)CC(=O)OC=O. The monoisotopic (exact) mass is 204 g/mol. The summed E-state index contributed by atoms with van der Waals surface area (Å²) in [6, 6.07) is 0. The molecule has 14 heavy (non-hydrogen) atoms. The maximum Gasteiger partial charge on any atom is 0.315 e. The molecule has 0 aliphatic carbocycles. The van der Waals surface area contributed by atoms with Crippen molar-refractivity contribution in [2.75, 3.05) is 6.61 Å². The van der Waals surface area contributed by atoms with E-state index in [0.717, 1.165) is 0 Å². The third kappa shape index (κ3) is 6.56. The molecule has 0 radical (unpaired) electrons. The molecule has 0 bridgehead atoms. The zero-order valence-corrected chi connectivity index (χ0v) is 8.18. The van der Waals surface area contributed by atoms with E-state index < -0.39 is 12.1 Å². The molecule has 0 rings (SSSR count). The van der Waals surface area contributed by atoms with Gasteiger partial charge in [0.2, 0.25) is 0 Å². The van der Waals surface area contributed by atoms with Gasteiger partial charge in [0.05, 0.1) is 12.5 Å². The Kier molecular flexibility index (Phi) is 6.96. The number of hydrogen-bond acceptors (Lipinski definition) is 5. The third-order valence-electron chi connectivity index (χ3n) is 1.88. The largest absolute Gasteiger partial charge is 0.396 e. The van der Waals surface area contributed by atoms with E-state index in [0.29, 0.717) is 12.8 Å². The minimum atomic E-state index is -0.816. The highest BCUT2D eigenvalue weighted by molar-refractivity contribution is 5.76. The van der Waals surface area contributed by atoms with Crippen molar-refractivity contribution in [3.63, 3.8) is 0 Å². The molecule has 0 spiro atoms. The predicted molar refractivity (Wildman–Crippen MR) is 48.3 cm³/mol. The van der Waals surface area contributed by atoms with Crippen LogP contribution in [0.5, 0.6) is 0 Å². The van der Waals surface area contributed by atoms with Crippen molar-refractivity contribution in [1.82, 2.24) is 0 Å². The van der Waals surface area contributed by atoms with Crippen LogP contribution in [0.2, 0.25) is 0 Å². The summed E-state index contributed by atoms with van der Waals surface area (Å²) in [5, 5.41) is 17.9. The fourth-order valence-corrected chi connectivity index (χ4v) is 1.18. The van der Waals surface area contributed by atoms with E-state index in [1.54, 1.807) is 0 Å². The van der Waals surface area contributed by atoms with Gasteiger partial charge in [-0.25, -0.2) is 0 Å². The van der Waals surface area contributed by atoms with Gasteiger partial charge in [-0.2, -0.15) is 0 Å². The first-order chi connectivity index (χ1) is 6.60. The zero-order chi connectivity index (χ0) is 11.0. The number of aliphatic hydroxyl groups is 2. The van der Waals surface area contributed by atoms with Crippen molar-refractivity contribution in [2.24, 2.45) is 5.92 Å². The first kappa shape index (κ1) is 13.1. The van der Waals surface area contributed by atoms with Gasteiger partial charge < -0.3 is 14.9 Å². The predicted octanol–water partition coefficient (Wildman–Crippen LogP) is -0.154. The van der Waals surface area contributed by atoms with E-state index in [2.05, 4.69) is 4.74 Å². The molecule has 0 aromatic carbocycles. The summed E-state index contributed by atoms with van der Waals surface area (Å²) in [7, 11) is 0. The second-order valence-corrected chi connectivity index (χ2v) is 3.30. The molecule has 0 amide bonds. The highest BCUT2D eigenvalue weighted by Gasteiger charge is 2.14. The summed E-state index contributed by atoms with van der Waals surface area (Å²) >= 11 is 0. The smallest absolute Gasteiger partial charge is 0.315 e. The molecule has 5 heteroatoms. The lowest BCUT2D eigenvalue weighted by molar-refractivity contribution is -0.153. The van der Waals surface area contributed by atoms with Gasteiger partial charge in [-0.3, -0.25) is 9.59 Å². The van der Waals surface area contributed by atoms with Gasteiger partial charge >= 0.3 is 12.4 Å². The molecule has 2 atom stereocenters. The molecule has 82 valence electrons. The Labute approximate surface area is 82.7 Å². The fraction of sp³-hybridized carbons (Fsp3) is 0.778. The number of esters is 1. The second kappa shape index (κ2) is 7.46. The molecule has 0 aliphatic heterocycles. The van der Waals surface area contributed by atoms with E-state index in [9.17, 15) is 14.7 Å². The Hall–Kier alpha value is -0.940. The zero-order valence-electron chi connectivity index (χ0n) is 8.18. The average molecular weight is 204 g/mol. The van der Waals surface area contributed by atoms with Crippen molar-refractivity contribution in [2.45, 2.75) is 32.3 Å². The number of ether oxygens (including phenoxy) is 1. The summed E-state index contributed by atoms with van der Waals surface area (Å²) < 4.78 is 4.03. The molecular weight excluding hydrogens is 188 g/mol. The standard InChI is InChI=1S/C9H16O5/c1-7(2-3-10)4-8(12)5-9(13)14-6-11/h6-8,10,12H,2-5H2,1H3. The molecule has 2 N–H and O–H groups in total. The number of aliphatic hydroxyl groups excluding tert-OH is 2. The summed E-state index contributed by atoms with van der Waals surface area (Å²) in [6.07, 6.45) is -0.00739. The fourth-order valence-electron chi connectivity index (χ4n) is 1.18. The summed E-state index contributed by atoms with van der Waals surface area (Å²) in [6.45, 7) is 1.98. The van der Waals surface area contributed by atoms with Gasteiger partial charge in [0.1, 0.15) is 0 Å². The van der Waals surface area contributed by atoms with Gasteiger partial charge in [-0.1, -0.05) is 6.92 Å². The Morgan fingerprint density at radius 2 is 2.21 bits per heavy atom. The van der Waals surface area contributed by atoms with Crippen molar-refractivity contribution in [3.8, 4) is 0 Å². The molecule has 0 heterocycles. The van der Waals surface area contributed by atoms with Crippen molar-refractivity contribution in [3.05, 3.63) is 0 Å². The lowest BCUT2D eigenvalue weighted by Gasteiger charge is -2.13. The van der Waals surface area contributed by atoms with Crippen LogP contribution in [0.15, 0.2) is 0 Å². The van der Waals surface area contributed by atoms with Crippen LogP contribution in [0.1, 0.15) is 26.2 Å². The lowest BCUT2D eigenvalue weighted by Crippen LogP contribution is -2.18. The van der Waals surface area contributed by atoms with E-state index in [1.807, 2.05) is 6.92 Å². The van der Waals surface area contributed by atoms with Crippen LogP contribution in [0, 0.1) is 5.92 Å². The Balaban J connectivity index is 3.68. The maximum atomic E-state index is 10.7. The van der Waals surface area contributed by atoms with Crippen LogP contribution in [0.25, 0.3) is 0 Å². The Bertz CT molecular complexity index is 180. The van der Waals surface area contributed by atoms with Crippen LogP contribution in [0.3, 0.4) is 0 Å². The van der Waals surface area contributed by atoms with Gasteiger partial charge in [0.15, 0.2) is 0 Å². The maximum absolute atomic E-state index is 10.7. The Morgan fingerprint density at radius 3 is 2.71 bits per heavy atom. The first-order valence-electron chi connectivity index (χ1n) is 4.52. The third-order valence-corrected chi connectivity index (χ3v) is 1.88. The molecular formula is C9H16O5. The summed E-state index contributed by atoms with van der Waals surface area (Å²) in [5.74, 6) is -0.595. The van der Waals surface area contributed by atoms with E-state index in [1.165, 1.54) is 0 Å². The van der Waals surface area contributed by atoms with Gasteiger partial charge in [0, 0.05) is 6.61 Å². The quantitative estimate of drug-likeness (QED) is 0.342. The number of carbonyl (C=O) groups excluding carboxylic acids is 2. The van der Waals surface area contributed by atoms with Crippen molar-refractivity contribution >= 4 is 12.4 Å². The van der Waals surface area contributed by atoms with E-state index >= 15 is 0 Å². The molecule has 0 fully saturated rings. The van der Waals surface area contributed by atoms with Crippen molar-refractivity contribution in [1.29, 1.82) is 0 Å². The summed E-state index contributed by atoms with van der Waals surface area (Å²) in [5.41, 5.74) is 0. The molecule has 0 aromatic rings. The number of rotatable bonds is 7. The lowest BCUT2D eigenvalue weighted by atomic mass is 9.99. The van der Waals surface area contributed by atoms with Crippen LogP contribution in [-0.4, -0.2) is 35.4 Å². The van der Waals surface area contributed by atoms with E-state index in [-0.39, 0.29) is 25.4 Å². The molecule has 0 aromatic heterocycles. The average Bonchev–Trinajstić information content (AvgIpc) is 2.03.